The van der Waals surface area contributed by atoms with Crippen molar-refractivity contribution in [1.82, 2.24) is 9.97 Å². The van der Waals surface area contributed by atoms with Crippen LogP contribution in [0.5, 0.6) is 0 Å². The molecule has 0 saturated carbocycles. The topological polar surface area (TPSA) is 37.8 Å². The molecule has 0 spiro atoms. The van der Waals surface area contributed by atoms with Crippen LogP contribution in [0.4, 0.5) is 10.8 Å². The van der Waals surface area contributed by atoms with Gasteiger partial charge in [-0.05, 0) is 19.1 Å². The first-order valence-electron chi connectivity index (χ1n) is 6.01. The number of hydrogen-bond acceptors (Lipinski definition) is 4. The van der Waals surface area contributed by atoms with E-state index < -0.39 is 0 Å². The van der Waals surface area contributed by atoms with E-state index in [1.54, 1.807) is 23.7 Å². The molecule has 19 heavy (non-hydrogen) atoms. The van der Waals surface area contributed by atoms with E-state index >= 15 is 0 Å². The summed E-state index contributed by atoms with van der Waals surface area (Å²) in [6.45, 7) is 2.08. The summed E-state index contributed by atoms with van der Waals surface area (Å²) in [6, 6.07) is 12.3. The zero-order valence-electron chi connectivity index (χ0n) is 10.5. The Kier molecular flexibility index (Phi) is 3.25. The quantitative estimate of drug-likeness (QED) is 0.770. The zero-order valence-corrected chi connectivity index (χ0v) is 11.3. The number of aryl methyl sites for hydroxylation is 1. The van der Waals surface area contributed by atoms with Gasteiger partial charge in [-0.2, -0.15) is 0 Å². The molecule has 2 aromatic heterocycles. The lowest BCUT2D eigenvalue weighted by molar-refractivity contribution is 1.31. The molecule has 4 heteroatoms. The Hall–Kier alpha value is -2.20. The molecular formula is C15H13N3S. The Morgan fingerprint density at radius 3 is 2.68 bits per heavy atom. The average molecular weight is 267 g/mol. The minimum absolute atomic E-state index is 0.878. The van der Waals surface area contributed by atoms with Crippen molar-refractivity contribution in [3.05, 3.63) is 59.7 Å². The van der Waals surface area contributed by atoms with Crippen LogP contribution in [0.15, 0.2) is 54.2 Å². The molecular weight excluding hydrogens is 254 g/mol. The number of rotatable bonds is 3. The van der Waals surface area contributed by atoms with E-state index in [1.165, 1.54) is 5.56 Å². The molecule has 3 rings (SSSR count). The largest absolute Gasteiger partial charge is 0.330 e. The lowest BCUT2D eigenvalue weighted by Gasteiger charge is -2.00. The van der Waals surface area contributed by atoms with Crippen LogP contribution in [-0.2, 0) is 0 Å². The van der Waals surface area contributed by atoms with E-state index in [0.717, 1.165) is 22.1 Å². The molecule has 1 aromatic carbocycles. The van der Waals surface area contributed by atoms with Crippen molar-refractivity contribution in [2.45, 2.75) is 6.92 Å². The molecule has 1 N–H and O–H groups in total. The van der Waals surface area contributed by atoms with Crippen LogP contribution in [0.3, 0.4) is 0 Å². The van der Waals surface area contributed by atoms with Crippen molar-refractivity contribution in [2.75, 3.05) is 5.32 Å². The SMILES string of the molecule is Cc1ccc(-c2csc(Nc3cccnc3)n2)cc1. The highest BCUT2D eigenvalue weighted by atomic mass is 32.1. The molecule has 0 bridgehead atoms. The van der Waals surface area contributed by atoms with Crippen LogP contribution in [0.1, 0.15) is 5.56 Å². The lowest BCUT2D eigenvalue weighted by Crippen LogP contribution is -1.89. The van der Waals surface area contributed by atoms with Crippen molar-refractivity contribution in [2.24, 2.45) is 0 Å². The third-order valence-electron chi connectivity index (χ3n) is 2.76. The fourth-order valence-corrected chi connectivity index (χ4v) is 2.49. The van der Waals surface area contributed by atoms with Gasteiger partial charge in [-0.1, -0.05) is 29.8 Å². The number of hydrogen-bond donors (Lipinski definition) is 1. The molecule has 0 atom stereocenters. The van der Waals surface area contributed by atoms with E-state index in [0.29, 0.717) is 0 Å². The number of anilines is 2. The van der Waals surface area contributed by atoms with Gasteiger partial charge in [0.05, 0.1) is 17.6 Å². The predicted octanol–water partition coefficient (Wildman–Crippen LogP) is 4.26. The van der Waals surface area contributed by atoms with Gasteiger partial charge in [0.15, 0.2) is 5.13 Å². The molecule has 0 fully saturated rings. The smallest absolute Gasteiger partial charge is 0.187 e. The molecule has 2 heterocycles. The number of pyridine rings is 1. The van der Waals surface area contributed by atoms with Crippen LogP contribution < -0.4 is 5.32 Å². The number of nitrogens with zero attached hydrogens (tertiary/aromatic N) is 2. The third-order valence-corrected chi connectivity index (χ3v) is 3.52. The molecule has 3 nitrogen and oxygen atoms in total. The van der Waals surface area contributed by atoms with Crippen molar-refractivity contribution in [3.8, 4) is 11.3 Å². The van der Waals surface area contributed by atoms with E-state index in [2.05, 4.69) is 51.9 Å². The first kappa shape index (κ1) is 11.9. The highest BCUT2D eigenvalue weighted by molar-refractivity contribution is 7.14. The second-order valence-corrected chi connectivity index (χ2v) is 5.13. The zero-order chi connectivity index (χ0) is 13.1. The van der Waals surface area contributed by atoms with Crippen LogP contribution in [0.2, 0.25) is 0 Å². The summed E-state index contributed by atoms with van der Waals surface area (Å²) in [6.07, 6.45) is 3.54. The molecule has 0 aliphatic heterocycles. The maximum Gasteiger partial charge on any atom is 0.187 e. The maximum absolute atomic E-state index is 4.59. The highest BCUT2D eigenvalue weighted by Gasteiger charge is 2.04. The Labute approximate surface area is 116 Å². The van der Waals surface area contributed by atoms with E-state index in [-0.39, 0.29) is 0 Å². The summed E-state index contributed by atoms with van der Waals surface area (Å²) >= 11 is 1.59. The minimum Gasteiger partial charge on any atom is -0.330 e. The van der Waals surface area contributed by atoms with Crippen LogP contribution in [0, 0.1) is 6.92 Å². The summed E-state index contributed by atoms with van der Waals surface area (Å²) in [5.41, 5.74) is 4.34. The minimum atomic E-state index is 0.878. The molecule has 0 saturated heterocycles. The fourth-order valence-electron chi connectivity index (χ4n) is 1.75. The predicted molar refractivity (Wildman–Crippen MR) is 79.8 cm³/mol. The van der Waals surface area contributed by atoms with Gasteiger partial charge < -0.3 is 5.32 Å². The van der Waals surface area contributed by atoms with Crippen molar-refractivity contribution in [1.29, 1.82) is 0 Å². The molecule has 0 unspecified atom stereocenters. The number of nitrogens with one attached hydrogen (secondary N) is 1. The molecule has 94 valence electrons. The van der Waals surface area contributed by atoms with Crippen molar-refractivity contribution < 1.29 is 0 Å². The van der Waals surface area contributed by atoms with Gasteiger partial charge in [0.1, 0.15) is 0 Å². The van der Waals surface area contributed by atoms with Gasteiger partial charge in [0.25, 0.3) is 0 Å². The average Bonchev–Trinajstić information content (AvgIpc) is 2.89. The molecule has 0 aliphatic rings. The van der Waals surface area contributed by atoms with Crippen LogP contribution in [0.25, 0.3) is 11.3 Å². The highest BCUT2D eigenvalue weighted by Crippen LogP contribution is 2.26. The second kappa shape index (κ2) is 5.20. The van der Waals surface area contributed by atoms with Gasteiger partial charge in [-0.25, -0.2) is 4.98 Å². The first-order valence-corrected chi connectivity index (χ1v) is 6.89. The Morgan fingerprint density at radius 2 is 1.95 bits per heavy atom. The van der Waals surface area contributed by atoms with Gasteiger partial charge in [-0.3, -0.25) is 4.98 Å². The second-order valence-electron chi connectivity index (χ2n) is 4.27. The van der Waals surface area contributed by atoms with Crippen molar-refractivity contribution in [3.63, 3.8) is 0 Å². The van der Waals surface area contributed by atoms with Gasteiger partial charge >= 0.3 is 0 Å². The van der Waals surface area contributed by atoms with E-state index in [9.17, 15) is 0 Å². The Balaban J connectivity index is 1.82. The first-order chi connectivity index (χ1) is 9.31. The van der Waals surface area contributed by atoms with E-state index in [4.69, 9.17) is 0 Å². The summed E-state index contributed by atoms with van der Waals surface area (Å²) in [5, 5.41) is 6.19. The molecule has 0 amide bonds. The third kappa shape index (κ3) is 2.80. The van der Waals surface area contributed by atoms with Crippen LogP contribution >= 0.6 is 11.3 Å². The Morgan fingerprint density at radius 1 is 1.11 bits per heavy atom. The monoisotopic (exact) mass is 267 g/mol. The fraction of sp³-hybridized carbons (Fsp3) is 0.0667. The maximum atomic E-state index is 4.59. The number of thiazole rings is 1. The summed E-state index contributed by atoms with van der Waals surface area (Å²) in [4.78, 5) is 8.65. The normalized spacial score (nSPS) is 10.4. The molecule has 0 aliphatic carbocycles. The summed E-state index contributed by atoms with van der Waals surface area (Å²) in [5.74, 6) is 0. The summed E-state index contributed by atoms with van der Waals surface area (Å²) < 4.78 is 0. The molecule has 0 radical (unpaired) electrons. The Bertz CT molecular complexity index is 659. The van der Waals surface area contributed by atoms with Gasteiger partial charge in [-0.15, -0.1) is 11.3 Å². The summed E-state index contributed by atoms with van der Waals surface area (Å²) in [7, 11) is 0. The van der Waals surface area contributed by atoms with Gasteiger partial charge in [0, 0.05) is 17.1 Å². The lowest BCUT2D eigenvalue weighted by atomic mass is 10.1. The van der Waals surface area contributed by atoms with E-state index in [1.807, 2.05) is 12.1 Å². The number of aromatic nitrogens is 2. The van der Waals surface area contributed by atoms with Crippen molar-refractivity contribution >= 4 is 22.2 Å². The number of benzene rings is 1. The van der Waals surface area contributed by atoms with Crippen LogP contribution in [-0.4, -0.2) is 9.97 Å². The molecule has 3 aromatic rings. The van der Waals surface area contributed by atoms with Gasteiger partial charge in [0.2, 0.25) is 0 Å². The standard InChI is InChI=1S/C15H13N3S/c1-11-4-6-12(7-5-11)14-10-19-15(18-14)17-13-3-2-8-16-9-13/h2-10H,1H3,(H,17,18).